The summed E-state index contributed by atoms with van der Waals surface area (Å²) in [5.41, 5.74) is 0.973. The molecule has 0 aliphatic carbocycles. The van der Waals surface area contributed by atoms with Gasteiger partial charge in [0.25, 0.3) is 0 Å². The number of benzene rings is 1. The van der Waals surface area contributed by atoms with E-state index in [-0.39, 0.29) is 17.8 Å². The fraction of sp³-hybridized carbons (Fsp3) is 0.412. The van der Waals surface area contributed by atoms with Gasteiger partial charge < -0.3 is 14.4 Å². The lowest BCUT2D eigenvalue weighted by atomic mass is 9.95. The van der Waals surface area contributed by atoms with Crippen LogP contribution in [0.4, 0.5) is 0 Å². The van der Waals surface area contributed by atoms with Crippen LogP contribution in [-0.4, -0.2) is 36.9 Å². The van der Waals surface area contributed by atoms with Crippen molar-refractivity contribution in [2.24, 2.45) is 0 Å². The van der Waals surface area contributed by atoms with Crippen molar-refractivity contribution in [3.63, 3.8) is 0 Å². The van der Waals surface area contributed by atoms with Crippen LogP contribution in [0, 0.1) is 0 Å². The van der Waals surface area contributed by atoms with Crippen LogP contribution in [0.15, 0.2) is 36.5 Å². The first kappa shape index (κ1) is 16.1. The second-order valence-electron chi connectivity index (χ2n) is 5.17. The summed E-state index contributed by atoms with van der Waals surface area (Å²) in [4.78, 5) is 25.7. The molecule has 0 radical (unpaired) electrons. The molecular formula is C17H21NO4. The molecule has 0 aromatic heterocycles. The van der Waals surface area contributed by atoms with Crippen molar-refractivity contribution in [3.8, 4) is 5.75 Å². The summed E-state index contributed by atoms with van der Waals surface area (Å²) in [7, 11) is 2.99. The quantitative estimate of drug-likeness (QED) is 0.782. The highest BCUT2D eigenvalue weighted by molar-refractivity contribution is 5.91. The number of rotatable bonds is 5. The van der Waals surface area contributed by atoms with Crippen molar-refractivity contribution in [1.82, 2.24) is 4.90 Å². The highest BCUT2D eigenvalue weighted by Crippen LogP contribution is 2.32. The molecule has 1 heterocycles. The van der Waals surface area contributed by atoms with E-state index in [1.165, 1.54) is 13.2 Å². The summed E-state index contributed by atoms with van der Waals surface area (Å²) in [5.74, 6) is 0.518. The number of esters is 1. The fourth-order valence-corrected chi connectivity index (χ4v) is 2.71. The maximum atomic E-state index is 12.0. The molecule has 1 aliphatic rings. The first-order valence-corrected chi connectivity index (χ1v) is 7.31. The van der Waals surface area contributed by atoms with E-state index in [1.807, 2.05) is 36.1 Å². The summed E-state index contributed by atoms with van der Waals surface area (Å²) in [6, 6.07) is 6.99. The van der Waals surface area contributed by atoms with Crippen molar-refractivity contribution >= 4 is 11.8 Å². The number of allylic oxidation sites excluding steroid dienone is 1. The van der Waals surface area contributed by atoms with E-state index in [1.54, 1.807) is 13.3 Å². The Morgan fingerprint density at radius 3 is 2.55 bits per heavy atom. The molecule has 0 spiro atoms. The maximum Gasteiger partial charge on any atom is 0.328 e. The molecule has 0 fully saturated rings. The molecule has 0 amide bonds. The van der Waals surface area contributed by atoms with Gasteiger partial charge in [-0.15, -0.1) is 0 Å². The zero-order valence-electron chi connectivity index (χ0n) is 13.1. The molecular weight excluding hydrogens is 282 g/mol. The van der Waals surface area contributed by atoms with Crippen molar-refractivity contribution in [1.29, 1.82) is 0 Å². The summed E-state index contributed by atoms with van der Waals surface area (Å²) in [5, 5.41) is 0. The fourth-order valence-electron chi connectivity index (χ4n) is 2.71. The Balaban J connectivity index is 2.33. The molecule has 1 aromatic carbocycles. The zero-order chi connectivity index (χ0) is 16.1. The minimum atomic E-state index is -0.401. The molecule has 118 valence electrons. The number of hydrogen-bond acceptors (Lipinski definition) is 5. The molecule has 5 heteroatoms. The second kappa shape index (κ2) is 7.11. The van der Waals surface area contributed by atoms with E-state index >= 15 is 0 Å². The molecule has 22 heavy (non-hydrogen) atoms. The van der Waals surface area contributed by atoms with Gasteiger partial charge >= 0.3 is 5.97 Å². The van der Waals surface area contributed by atoms with Gasteiger partial charge in [0.1, 0.15) is 11.8 Å². The summed E-state index contributed by atoms with van der Waals surface area (Å²) in [6.45, 7) is 1.93. The predicted molar refractivity (Wildman–Crippen MR) is 82.4 cm³/mol. The van der Waals surface area contributed by atoms with Gasteiger partial charge in [0.15, 0.2) is 5.78 Å². The molecule has 0 saturated heterocycles. The van der Waals surface area contributed by atoms with E-state index in [4.69, 9.17) is 9.47 Å². The topological polar surface area (TPSA) is 55.8 Å². The Morgan fingerprint density at radius 1 is 1.32 bits per heavy atom. The van der Waals surface area contributed by atoms with Crippen LogP contribution in [0.1, 0.15) is 31.4 Å². The number of carbonyl (C=O) groups excluding carboxylic acids is 2. The third kappa shape index (κ3) is 3.30. The highest BCUT2D eigenvalue weighted by Gasteiger charge is 2.32. The van der Waals surface area contributed by atoms with E-state index in [2.05, 4.69) is 0 Å². The van der Waals surface area contributed by atoms with Gasteiger partial charge in [0, 0.05) is 12.6 Å². The van der Waals surface area contributed by atoms with Gasteiger partial charge in [-0.05, 0) is 30.2 Å². The number of hydrogen-bond donors (Lipinski definition) is 0. The number of ketones is 1. The van der Waals surface area contributed by atoms with Gasteiger partial charge in [-0.25, -0.2) is 4.79 Å². The monoisotopic (exact) mass is 303 g/mol. The lowest BCUT2D eigenvalue weighted by Crippen LogP contribution is -2.42. The summed E-state index contributed by atoms with van der Waals surface area (Å²) >= 11 is 0. The molecule has 1 aromatic rings. The minimum Gasteiger partial charge on any atom is -0.497 e. The van der Waals surface area contributed by atoms with Gasteiger partial charge in [0.05, 0.1) is 20.3 Å². The van der Waals surface area contributed by atoms with Crippen molar-refractivity contribution < 1.29 is 19.1 Å². The molecule has 0 saturated carbocycles. The normalized spacial score (nSPS) is 19.0. The molecule has 2 rings (SSSR count). The van der Waals surface area contributed by atoms with Gasteiger partial charge in [0.2, 0.25) is 0 Å². The number of methoxy groups -OCH3 is 2. The lowest BCUT2D eigenvalue weighted by Gasteiger charge is -2.37. The molecule has 2 atom stereocenters. The first-order chi connectivity index (χ1) is 10.6. The predicted octanol–water partition coefficient (Wildman–Crippen LogP) is 2.48. The zero-order valence-corrected chi connectivity index (χ0v) is 13.1. The van der Waals surface area contributed by atoms with Crippen molar-refractivity contribution in [2.45, 2.75) is 31.8 Å². The molecule has 0 N–H and O–H groups in total. The van der Waals surface area contributed by atoms with Crippen LogP contribution in [-0.2, 0) is 14.3 Å². The van der Waals surface area contributed by atoms with Crippen LogP contribution in [0.25, 0.3) is 0 Å². The van der Waals surface area contributed by atoms with E-state index < -0.39 is 6.04 Å². The lowest BCUT2D eigenvalue weighted by molar-refractivity contribution is -0.147. The summed E-state index contributed by atoms with van der Waals surface area (Å²) < 4.78 is 10.0. The number of nitrogens with zero attached hydrogens (tertiary/aromatic N) is 1. The average molecular weight is 303 g/mol. The van der Waals surface area contributed by atoms with E-state index in [9.17, 15) is 9.59 Å². The third-order valence-electron chi connectivity index (χ3n) is 3.91. The molecule has 1 aliphatic heterocycles. The molecule has 0 bridgehead atoms. The Labute approximate surface area is 130 Å². The van der Waals surface area contributed by atoms with E-state index in [0.29, 0.717) is 12.8 Å². The number of carbonyl (C=O) groups is 2. The van der Waals surface area contributed by atoms with Gasteiger partial charge in [-0.3, -0.25) is 4.79 Å². The SMILES string of the molecule is CCC(C(=O)OC)N1C=CC(=O)CC1c1ccc(OC)cc1. The second-order valence-corrected chi connectivity index (χ2v) is 5.17. The van der Waals surface area contributed by atoms with Crippen LogP contribution >= 0.6 is 0 Å². The first-order valence-electron chi connectivity index (χ1n) is 7.31. The molecule has 2 unspecified atom stereocenters. The minimum absolute atomic E-state index is 0.0526. The third-order valence-corrected chi connectivity index (χ3v) is 3.91. The van der Waals surface area contributed by atoms with Crippen LogP contribution < -0.4 is 4.74 Å². The van der Waals surface area contributed by atoms with Crippen LogP contribution in [0.2, 0.25) is 0 Å². The largest absolute Gasteiger partial charge is 0.497 e. The maximum absolute atomic E-state index is 12.0. The van der Waals surface area contributed by atoms with Gasteiger partial charge in [-0.1, -0.05) is 19.1 Å². The van der Waals surface area contributed by atoms with Crippen molar-refractivity contribution in [3.05, 3.63) is 42.1 Å². The Morgan fingerprint density at radius 2 is 2.00 bits per heavy atom. The van der Waals surface area contributed by atoms with Crippen LogP contribution in [0.3, 0.4) is 0 Å². The highest BCUT2D eigenvalue weighted by atomic mass is 16.5. The van der Waals surface area contributed by atoms with Crippen molar-refractivity contribution in [2.75, 3.05) is 14.2 Å². The molecule has 5 nitrogen and oxygen atoms in total. The standard InChI is InChI=1S/C17H21NO4/c1-4-15(17(20)22-3)18-10-9-13(19)11-16(18)12-5-7-14(21-2)8-6-12/h5-10,15-16H,4,11H2,1-3H3. The summed E-state index contributed by atoms with van der Waals surface area (Å²) in [6.07, 6.45) is 4.17. The number of ether oxygens (including phenoxy) is 2. The Hall–Kier alpha value is -2.30. The average Bonchev–Trinajstić information content (AvgIpc) is 2.56. The Bertz CT molecular complexity index is 565. The van der Waals surface area contributed by atoms with Gasteiger partial charge in [-0.2, -0.15) is 0 Å². The smallest absolute Gasteiger partial charge is 0.328 e. The Kier molecular flexibility index (Phi) is 5.20. The van der Waals surface area contributed by atoms with E-state index in [0.717, 1.165) is 11.3 Å². The van der Waals surface area contributed by atoms with Crippen LogP contribution in [0.5, 0.6) is 5.75 Å².